The van der Waals surface area contributed by atoms with Gasteiger partial charge in [-0.25, -0.2) is 0 Å². The zero-order valence-electron chi connectivity index (χ0n) is 6.13. The molecule has 0 amide bonds. The molecule has 1 unspecified atom stereocenters. The minimum Gasteiger partial charge on any atom is -0.368 e. The fraction of sp³-hybridized carbons (Fsp3) is 0.375. The maximum absolute atomic E-state index is 8.65. The van der Waals surface area contributed by atoms with E-state index in [4.69, 9.17) is 10.00 Å². The van der Waals surface area contributed by atoms with Crippen LogP contribution in [-0.2, 0) is 4.74 Å². The summed E-state index contributed by atoms with van der Waals surface area (Å²) in [7, 11) is 0. The molecule has 0 N–H and O–H groups in total. The Labute approximate surface area is 69.0 Å². The maximum atomic E-state index is 8.65. The van der Waals surface area contributed by atoms with Crippen LogP contribution in [0.15, 0.2) is 5.38 Å². The Balaban J connectivity index is 2.42. The van der Waals surface area contributed by atoms with E-state index in [1.54, 1.807) is 0 Å². The molecule has 0 aliphatic carbocycles. The number of hydrogen-bond acceptors (Lipinski definition) is 3. The minimum absolute atomic E-state index is 0.286. The summed E-state index contributed by atoms with van der Waals surface area (Å²) >= 11 is 1.50. The fourth-order valence-electron chi connectivity index (χ4n) is 1.09. The van der Waals surface area contributed by atoms with Crippen LogP contribution in [0.5, 0.6) is 0 Å². The zero-order chi connectivity index (χ0) is 7.84. The van der Waals surface area contributed by atoms with Crippen molar-refractivity contribution in [1.29, 1.82) is 5.26 Å². The van der Waals surface area contributed by atoms with Crippen LogP contribution >= 0.6 is 11.3 Å². The highest BCUT2D eigenvalue weighted by Crippen LogP contribution is 2.35. The molecule has 11 heavy (non-hydrogen) atoms. The van der Waals surface area contributed by atoms with Crippen LogP contribution < -0.4 is 0 Å². The summed E-state index contributed by atoms with van der Waals surface area (Å²) in [6.07, 6.45) is 0.286. The molecule has 2 rings (SSSR count). The van der Waals surface area contributed by atoms with Gasteiger partial charge in [-0.3, -0.25) is 0 Å². The van der Waals surface area contributed by atoms with Gasteiger partial charge in [-0.15, -0.1) is 11.3 Å². The van der Waals surface area contributed by atoms with Gasteiger partial charge in [-0.1, -0.05) is 0 Å². The van der Waals surface area contributed by atoms with Crippen LogP contribution in [0.25, 0.3) is 0 Å². The molecule has 0 spiro atoms. The van der Waals surface area contributed by atoms with Crippen LogP contribution in [0.3, 0.4) is 0 Å². The number of nitriles is 1. The third kappa shape index (κ3) is 1.05. The number of thiophene rings is 1. The summed E-state index contributed by atoms with van der Waals surface area (Å²) in [4.78, 5) is 0.815. The first-order chi connectivity index (χ1) is 5.33. The van der Waals surface area contributed by atoms with Crippen LogP contribution in [-0.4, -0.2) is 6.61 Å². The Bertz CT molecular complexity index is 319. The molecule has 0 aromatic carbocycles. The minimum atomic E-state index is 0.286. The third-order valence-electron chi connectivity index (χ3n) is 1.86. The van der Waals surface area contributed by atoms with Gasteiger partial charge in [-0.2, -0.15) is 5.26 Å². The lowest BCUT2D eigenvalue weighted by Gasteiger charge is -1.90. The molecule has 0 radical (unpaired) electrons. The van der Waals surface area contributed by atoms with Crippen LogP contribution in [0.2, 0.25) is 0 Å². The average Bonchev–Trinajstić information content (AvgIpc) is 2.77. The molecule has 1 atom stereocenters. The van der Waals surface area contributed by atoms with Crippen LogP contribution in [0.1, 0.15) is 22.1 Å². The lowest BCUT2D eigenvalue weighted by Crippen LogP contribution is -1.80. The molecular weight excluding hydrogens is 158 g/mol. The van der Waals surface area contributed by atoms with E-state index in [2.05, 4.69) is 6.07 Å². The number of ether oxygens (including phenoxy) is 1. The van der Waals surface area contributed by atoms with Crippen molar-refractivity contribution in [3.8, 4) is 6.07 Å². The summed E-state index contributed by atoms with van der Waals surface area (Å²) in [5, 5.41) is 10.7. The molecule has 2 nitrogen and oxygen atoms in total. The van der Waals surface area contributed by atoms with E-state index in [0.29, 0.717) is 0 Å². The van der Waals surface area contributed by atoms with Crippen molar-refractivity contribution in [1.82, 2.24) is 0 Å². The van der Waals surface area contributed by atoms with Crippen molar-refractivity contribution in [3.05, 3.63) is 21.4 Å². The van der Waals surface area contributed by atoms with Gasteiger partial charge in [0.25, 0.3) is 0 Å². The molecule has 56 valence electrons. The standard InChI is InChI=1S/C8H7NOS/c1-5-6(7-3-10-7)4-11-8(5)2-9/h4,7H,3H2,1H3. The molecule has 3 heteroatoms. The molecule has 0 saturated carbocycles. The number of hydrogen-bond donors (Lipinski definition) is 0. The predicted octanol–water partition coefficient (Wildman–Crippen LogP) is 2.00. The van der Waals surface area contributed by atoms with E-state index in [1.807, 2.05) is 12.3 Å². The van der Waals surface area contributed by atoms with E-state index in [-0.39, 0.29) is 6.10 Å². The third-order valence-corrected chi connectivity index (χ3v) is 2.86. The zero-order valence-corrected chi connectivity index (χ0v) is 6.94. The summed E-state index contributed by atoms with van der Waals surface area (Å²) < 4.78 is 5.13. The van der Waals surface area contributed by atoms with E-state index in [1.165, 1.54) is 16.9 Å². The molecule has 1 aromatic heterocycles. The maximum Gasteiger partial charge on any atom is 0.110 e. The summed E-state index contributed by atoms with van der Waals surface area (Å²) in [6, 6.07) is 2.16. The predicted molar refractivity (Wildman–Crippen MR) is 42.5 cm³/mol. The SMILES string of the molecule is Cc1c(C2CO2)csc1C#N. The van der Waals surface area contributed by atoms with Gasteiger partial charge in [0.15, 0.2) is 0 Å². The van der Waals surface area contributed by atoms with Crippen molar-refractivity contribution >= 4 is 11.3 Å². The Morgan fingerprint density at radius 2 is 2.55 bits per heavy atom. The second-order valence-electron chi connectivity index (χ2n) is 2.58. The average molecular weight is 165 g/mol. The number of nitrogens with zero attached hydrogens (tertiary/aromatic N) is 1. The molecule has 1 aliphatic rings. The highest BCUT2D eigenvalue weighted by molar-refractivity contribution is 7.10. The molecule has 0 bridgehead atoms. The Morgan fingerprint density at radius 3 is 3.00 bits per heavy atom. The van der Waals surface area contributed by atoms with Crippen molar-refractivity contribution in [3.63, 3.8) is 0 Å². The smallest absolute Gasteiger partial charge is 0.110 e. The monoisotopic (exact) mass is 165 g/mol. The molecule has 2 heterocycles. The number of epoxide rings is 1. The largest absolute Gasteiger partial charge is 0.368 e. The quantitative estimate of drug-likeness (QED) is 0.597. The van der Waals surface area contributed by atoms with Gasteiger partial charge < -0.3 is 4.74 Å². The molecule has 1 saturated heterocycles. The highest BCUT2D eigenvalue weighted by atomic mass is 32.1. The molecular formula is C8H7NOS. The highest BCUT2D eigenvalue weighted by Gasteiger charge is 2.28. The molecule has 1 fully saturated rings. The van der Waals surface area contributed by atoms with Crippen LogP contribution in [0.4, 0.5) is 0 Å². The first-order valence-corrected chi connectivity index (χ1v) is 4.30. The Kier molecular flexibility index (Phi) is 1.45. The van der Waals surface area contributed by atoms with Gasteiger partial charge in [-0.05, 0) is 23.4 Å². The van der Waals surface area contributed by atoms with E-state index in [0.717, 1.165) is 17.0 Å². The summed E-state index contributed by atoms with van der Waals surface area (Å²) in [5.41, 5.74) is 2.30. The van der Waals surface area contributed by atoms with Gasteiger partial charge in [0.05, 0.1) is 6.61 Å². The van der Waals surface area contributed by atoms with Gasteiger partial charge in [0, 0.05) is 0 Å². The van der Waals surface area contributed by atoms with E-state index in [9.17, 15) is 0 Å². The molecule has 1 aromatic rings. The van der Waals surface area contributed by atoms with Crippen molar-refractivity contribution in [2.45, 2.75) is 13.0 Å². The first-order valence-electron chi connectivity index (χ1n) is 3.42. The first kappa shape index (κ1) is 6.84. The second kappa shape index (κ2) is 2.33. The van der Waals surface area contributed by atoms with Crippen molar-refractivity contribution in [2.24, 2.45) is 0 Å². The summed E-state index contributed by atoms with van der Waals surface area (Å²) in [5.74, 6) is 0. The van der Waals surface area contributed by atoms with Crippen LogP contribution in [0, 0.1) is 18.3 Å². The fourth-order valence-corrected chi connectivity index (χ4v) is 2.01. The number of rotatable bonds is 1. The Morgan fingerprint density at radius 1 is 1.82 bits per heavy atom. The van der Waals surface area contributed by atoms with E-state index < -0.39 is 0 Å². The van der Waals surface area contributed by atoms with Gasteiger partial charge in [0.1, 0.15) is 17.1 Å². The normalized spacial score (nSPS) is 21.3. The van der Waals surface area contributed by atoms with Gasteiger partial charge >= 0.3 is 0 Å². The van der Waals surface area contributed by atoms with Crippen molar-refractivity contribution < 1.29 is 4.74 Å². The van der Waals surface area contributed by atoms with E-state index >= 15 is 0 Å². The lowest BCUT2D eigenvalue weighted by molar-refractivity contribution is 0.415. The Hall–Kier alpha value is -0.850. The van der Waals surface area contributed by atoms with Gasteiger partial charge in [0.2, 0.25) is 0 Å². The second-order valence-corrected chi connectivity index (χ2v) is 3.46. The molecule has 1 aliphatic heterocycles. The summed E-state index contributed by atoms with van der Waals surface area (Å²) in [6.45, 7) is 2.80. The van der Waals surface area contributed by atoms with Crippen molar-refractivity contribution in [2.75, 3.05) is 6.61 Å². The topological polar surface area (TPSA) is 36.3 Å². The lowest BCUT2D eigenvalue weighted by atomic mass is 10.1.